The molecule has 0 saturated carbocycles. The lowest BCUT2D eigenvalue weighted by molar-refractivity contribution is -0.139. The van der Waals surface area contributed by atoms with Gasteiger partial charge in [-0.15, -0.1) is 0 Å². The Bertz CT molecular complexity index is 644. The van der Waals surface area contributed by atoms with Crippen LogP contribution in [0, 0.1) is 5.92 Å². The van der Waals surface area contributed by atoms with Gasteiger partial charge in [0.05, 0.1) is 5.56 Å². The molecule has 0 aromatic carbocycles. The van der Waals surface area contributed by atoms with Crippen LogP contribution in [0.15, 0.2) is 18.3 Å². The number of hydrogen-bond donors (Lipinski definition) is 0. The predicted octanol–water partition coefficient (Wildman–Crippen LogP) is 3.96. The SMILES string of the molecule is O=C(CC1CCN(c2ccc(C(F)(F)F)cn2)CC1)N1CCC(F)(F)CC1. The molecule has 3 heterocycles. The monoisotopic (exact) mass is 391 g/mol. The minimum Gasteiger partial charge on any atom is -0.357 e. The number of likely N-dealkylation sites (tertiary alicyclic amines) is 1. The number of piperidine rings is 2. The number of pyridine rings is 1. The minimum atomic E-state index is -4.41. The highest BCUT2D eigenvalue weighted by Gasteiger charge is 2.36. The molecule has 0 N–H and O–H groups in total. The maximum Gasteiger partial charge on any atom is 0.417 e. The lowest BCUT2D eigenvalue weighted by Crippen LogP contribution is -2.44. The quantitative estimate of drug-likeness (QED) is 0.732. The zero-order valence-electron chi connectivity index (χ0n) is 14.8. The van der Waals surface area contributed by atoms with Crippen molar-refractivity contribution in [1.29, 1.82) is 0 Å². The van der Waals surface area contributed by atoms with Gasteiger partial charge in [-0.25, -0.2) is 13.8 Å². The first-order valence-electron chi connectivity index (χ1n) is 9.08. The fourth-order valence-electron chi connectivity index (χ4n) is 3.57. The van der Waals surface area contributed by atoms with Crippen LogP contribution in [0.5, 0.6) is 0 Å². The molecular weight excluding hydrogens is 369 g/mol. The molecule has 0 bridgehead atoms. The van der Waals surface area contributed by atoms with Crippen molar-refractivity contribution in [1.82, 2.24) is 9.88 Å². The van der Waals surface area contributed by atoms with Crippen LogP contribution in [0.25, 0.3) is 0 Å². The highest BCUT2D eigenvalue weighted by molar-refractivity contribution is 5.76. The number of aromatic nitrogens is 1. The van der Waals surface area contributed by atoms with E-state index in [4.69, 9.17) is 0 Å². The van der Waals surface area contributed by atoms with E-state index in [0.29, 0.717) is 25.3 Å². The minimum absolute atomic E-state index is 0.0865. The van der Waals surface area contributed by atoms with Crippen molar-refractivity contribution < 1.29 is 26.7 Å². The molecule has 1 aromatic rings. The van der Waals surface area contributed by atoms with Crippen LogP contribution in [0.2, 0.25) is 0 Å². The normalized spacial score (nSPS) is 21.4. The summed E-state index contributed by atoms with van der Waals surface area (Å²) >= 11 is 0. The second kappa shape index (κ2) is 7.59. The Labute approximate surface area is 154 Å². The molecule has 150 valence electrons. The van der Waals surface area contributed by atoms with Crippen molar-refractivity contribution in [3.8, 4) is 0 Å². The third kappa shape index (κ3) is 5.07. The summed E-state index contributed by atoms with van der Waals surface area (Å²) < 4.78 is 64.2. The van der Waals surface area contributed by atoms with Crippen molar-refractivity contribution in [3.05, 3.63) is 23.9 Å². The molecule has 0 radical (unpaired) electrons. The molecular formula is C18H22F5N3O. The third-order valence-electron chi connectivity index (χ3n) is 5.32. The van der Waals surface area contributed by atoms with Crippen LogP contribution in [0.3, 0.4) is 0 Å². The highest BCUT2D eigenvalue weighted by Crippen LogP contribution is 2.31. The summed E-state index contributed by atoms with van der Waals surface area (Å²) in [4.78, 5) is 19.6. The number of carbonyl (C=O) groups is 1. The number of halogens is 5. The summed E-state index contributed by atoms with van der Waals surface area (Å²) in [5, 5.41) is 0. The summed E-state index contributed by atoms with van der Waals surface area (Å²) in [6, 6.07) is 2.38. The molecule has 2 fully saturated rings. The number of alkyl halides is 5. The van der Waals surface area contributed by atoms with Crippen molar-refractivity contribution in [3.63, 3.8) is 0 Å². The molecule has 9 heteroatoms. The first kappa shape index (κ1) is 19.8. The Morgan fingerprint density at radius 1 is 1.11 bits per heavy atom. The van der Waals surface area contributed by atoms with Gasteiger partial charge in [0.2, 0.25) is 5.91 Å². The average Bonchev–Trinajstić information content (AvgIpc) is 2.61. The second-order valence-electron chi connectivity index (χ2n) is 7.27. The first-order valence-corrected chi connectivity index (χ1v) is 9.08. The van der Waals surface area contributed by atoms with Crippen LogP contribution in [-0.2, 0) is 11.0 Å². The van der Waals surface area contributed by atoms with Gasteiger partial charge < -0.3 is 9.80 Å². The van der Waals surface area contributed by atoms with E-state index < -0.39 is 17.7 Å². The van der Waals surface area contributed by atoms with Gasteiger partial charge in [-0.1, -0.05) is 0 Å². The second-order valence-corrected chi connectivity index (χ2v) is 7.27. The Kier molecular flexibility index (Phi) is 5.58. The molecule has 27 heavy (non-hydrogen) atoms. The van der Waals surface area contributed by atoms with Crippen LogP contribution >= 0.6 is 0 Å². The molecule has 0 unspecified atom stereocenters. The van der Waals surface area contributed by atoms with Gasteiger partial charge in [0, 0.05) is 51.6 Å². The molecule has 4 nitrogen and oxygen atoms in total. The lowest BCUT2D eigenvalue weighted by Gasteiger charge is -2.35. The number of anilines is 1. The number of nitrogens with zero attached hydrogens (tertiary/aromatic N) is 3. The standard InChI is InChI=1S/C18H22F5N3O/c19-17(20)5-9-26(10-6-17)16(27)11-13-3-7-25(8-4-13)15-2-1-14(12-24-15)18(21,22)23/h1-2,12-13H,3-11H2. The Morgan fingerprint density at radius 2 is 1.74 bits per heavy atom. The summed E-state index contributed by atoms with van der Waals surface area (Å²) in [5.41, 5.74) is -0.779. The zero-order chi connectivity index (χ0) is 19.7. The Hall–Kier alpha value is -1.93. The van der Waals surface area contributed by atoms with Gasteiger partial charge in [-0.3, -0.25) is 4.79 Å². The van der Waals surface area contributed by atoms with Crippen molar-refractivity contribution in [2.75, 3.05) is 31.1 Å². The lowest BCUT2D eigenvalue weighted by atomic mass is 9.92. The summed E-state index contributed by atoms with van der Waals surface area (Å²) in [7, 11) is 0. The topological polar surface area (TPSA) is 36.4 Å². The molecule has 0 spiro atoms. The van der Waals surface area contributed by atoms with Gasteiger partial charge in [-0.2, -0.15) is 13.2 Å². The maximum absolute atomic E-state index is 13.2. The Morgan fingerprint density at radius 3 is 2.26 bits per heavy atom. The van der Waals surface area contributed by atoms with E-state index in [2.05, 4.69) is 4.98 Å². The van der Waals surface area contributed by atoms with Gasteiger partial charge in [0.15, 0.2) is 0 Å². The summed E-state index contributed by atoms with van der Waals surface area (Å²) in [6.07, 6.45) is -2.36. The van der Waals surface area contributed by atoms with Crippen LogP contribution in [-0.4, -0.2) is 47.9 Å². The number of amides is 1. The smallest absolute Gasteiger partial charge is 0.357 e. The highest BCUT2D eigenvalue weighted by atomic mass is 19.4. The van der Waals surface area contributed by atoms with E-state index in [1.807, 2.05) is 4.90 Å². The van der Waals surface area contributed by atoms with Gasteiger partial charge in [0.25, 0.3) is 5.92 Å². The molecule has 0 aliphatic carbocycles. The van der Waals surface area contributed by atoms with Gasteiger partial charge in [-0.05, 0) is 30.9 Å². The van der Waals surface area contributed by atoms with Crippen LogP contribution < -0.4 is 4.90 Å². The molecule has 1 amide bonds. The largest absolute Gasteiger partial charge is 0.417 e. The van der Waals surface area contributed by atoms with Crippen molar-refractivity contribution in [2.24, 2.45) is 5.92 Å². The fourth-order valence-corrected chi connectivity index (χ4v) is 3.57. The number of rotatable bonds is 3. The molecule has 2 aliphatic rings. The van der Waals surface area contributed by atoms with Crippen LogP contribution in [0.1, 0.15) is 37.7 Å². The predicted molar refractivity (Wildman–Crippen MR) is 89.6 cm³/mol. The summed E-state index contributed by atoms with van der Waals surface area (Å²) in [6.45, 7) is 1.41. The van der Waals surface area contributed by atoms with Gasteiger partial charge >= 0.3 is 6.18 Å². The number of hydrogen-bond acceptors (Lipinski definition) is 3. The van der Waals surface area contributed by atoms with E-state index in [1.165, 1.54) is 11.0 Å². The first-order chi connectivity index (χ1) is 12.6. The van der Waals surface area contributed by atoms with E-state index in [0.717, 1.165) is 25.1 Å². The molecule has 2 aliphatic heterocycles. The van der Waals surface area contributed by atoms with E-state index >= 15 is 0 Å². The van der Waals surface area contributed by atoms with E-state index in [-0.39, 0.29) is 37.8 Å². The van der Waals surface area contributed by atoms with E-state index in [1.54, 1.807) is 0 Å². The number of carbonyl (C=O) groups excluding carboxylic acids is 1. The van der Waals surface area contributed by atoms with Crippen molar-refractivity contribution in [2.45, 2.75) is 44.2 Å². The molecule has 3 rings (SSSR count). The maximum atomic E-state index is 13.2. The average molecular weight is 391 g/mol. The fraction of sp³-hybridized carbons (Fsp3) is 0.667. The van der Waals surface area contributed by atoms with Crippen molar-refractivity contribution >= 4 is 11.7 Å². The third-order valence-corrected chi connectivity index (χ3v) is 5.32. The summed E-state index contributed by atoms with van der Waals surface area (Å²) in [5.74, 6) is -2.11. The molecule has 1 aromatic heterocycles. The zero-order valence-corrected chi connectivity index (χ0v) is 14.8. The van der Waals surface area contributed by atoms with Crippen LogP contribution in [0.4, 0.5) is 27.8 Å². The molecule has 0 atom stereocenters. The Balaban J connectivity index is 1.47. The van der Waals surface area contributed by atoms with E-state index in [9.17, 15) is 26.7 Å². The molecule has 2 saturated heterocycles. The van der Waals surface area contributed by atoms with Gasteiger partial charge in [0.1, 0.15) is 5.82 Å².